The first kappa shape index (κ1) is 14.5. The second-order valence-electron chi connectivity index (χ2n) is 5.97. The van der Waals surface area contributed by atoms with Gasteiger partial charge in [0.05, 0.1) is 0 Å². The molecule has 2 nitrogen and oxygen atoms in total. The first-order valence-corrected chi connectivity index (χ1v) is 7.54. The van der Waals surface area contributed by atoms with E-state index in [9.17, 15) is 0 Å². The second-order valence-corrected chi connectivity index (χ2v) is 5.97. The van der Waals surface area contributed by atoms with Crippen molar-refractivity contribution < 1.29 is 4.74 Å². The Morgan fingerprint density at radius 3 is 2.53 bits per heavy atom. The van der Waals surface area contributed by atoms with Crippen molar-refractivity contribution in [1.29, 1.82) is 0 Å². The normalized spacial score (nSPS) is 16.6. The lowest BCUT2D eigenvalue weighted by atomic mass is 10.0. The highest BCUT2D eigenvalue weighted by molar-refractivity contribution is 5.30. The van der Waals surface area contributed by atoms with Gasteiger partial charge in [-0.25, -0.2) is 0 Å². The van der Waals surface area contributed by atoms with Gasteiger partial charge in [-0.1, -0.05) is 29.3 Å². The van der Waals surface area contributed by atoms with E-state index in [0.29, 0.717) is 6.04 Å². The molecule has 0 saturated heterocycles. The number of nitrogens with one attached hydrogen (secondary N) is 1. The predicted molar refractivity (Wildman–Crippen MR) is 80.5 cm³/mol. The molecule has 1 aromatic rings. The molecule has 1 aliphatic carbocycles. The third-order valence-corrected chi connectivity index (χ3v) is 3.71. The van der Waals surface area contributed by atoms with Gasteiger partial charge in [-0.05, 0) is 58.1 Å². The van der Waals surface area contributed by atoms with Gasteiger partial charge in [0.15, 0.2) is 0 Å². The molecule has 1 atom stereocenters. The fraction of sp³-hybridized carbons (Fsp3) is 0.647. The summed E-state index contributed by atoms with van der Waals surface area (Å²) in [6.07, 6.45) is 3.85. The van der Waals surface area contributed by atoms with Crippen molar-refractivity contribution in [2.75, 3.05) is 19.8 Å². The SMILES string of the molecule is Cc1cc(C)cc(C(C)NCCCOCC2CC2)c1. The number of ether oxygens (including phenoxy) is 1. The number of aryl methyl sites for hydroxylation is 2. The van der Waals surface area contributed by atoms with Crippen LogP contribution in [0.2, 0.25) is 0 Å². The van der Waals surface area contributed by atoms with Gasteiger partial charge in [0.1, 0.15) is 0 Å². The van der Waals surface area contributed by atoms with Crippen LogP contribution < -0.4 is 5.32 Å². The topological polar surface area (TPSA) is 21.3 Å². The van der Waals surface area contributed by atoms with Crippen molar-refractivity contribution >= 4 is 0 Å². The summed E-state index contributed by atoms with van der Waals surface area (Å²) < 4.78 is 5.64. The van der Waals surface area contributed by atoms with Crippen LogP contribution in [0.25, 0.3) is 0 Å². The van der Waals surface area contributed by atoms with Gasteiger partial charge in [-0.3, -0.25) is 0 Å². The third kappa shape index (κ3) is 5.33. The van der Waals surface area contributed by atoms with Crippen molar-refractivity contribution in [3.05, 3.63) is 34.9 Å². The minimum absolute atomic E-state index is 0.419. The zero-order valence-corrected chi connectivity index (χ0v) is 12.5. The maximum Gasteiger partial charge on any atom is 0.0494 e. The van der Waals surface area contributed by atoms with E-state index in [0.717, 1.165) is 32.1 Å². The zero-order chi connectivity index (χ0) is 13.7. The van der Waals surface area contributed by atoms with Crippen LogP contribution in [0.4, 0.5) is 0 Å². The molecule has 1 saturated carbocycles. The van der Waals surface area contributed by atoms with Crippen molar-refractivity contribution in [3.63, 3.8) is 0 Å². The van der Waals surface area contributed by atoms with E-state index in [1.807, 2.05) is 0 Å². The van der Waals surface area contributed by atoms with E-state index >= 15 is 0 Å². The molecule has 0 spiro atoms. The minimum atomic E-state index is 0.419. The average molecular weight is 261 g/mol. The van der Waals surface area contributed by atoms with Gasteiger partial charge in [0.2, 0.25) is 0 Å². The number of rotatable bonds is 8. The average Bonchev–Trinajstić information content (AvgIpc) is 3.16. The van der Waals surface area contributed by atoms with E-state index in [1.54, 1.807) is 0 Å². The van der Waals surface area contributed by atoms with Crippen LogP contribution >= 0.6 is 0 Å². The Kier molecular flexibility index (Phi) is 5.41. The molecular weight excluding hydrogens is 234 g/mol. The van der Waals surface area contributed by atoms with Gasteiger partial charge in [-0.15, -0.1) is 0 Å². The van der Waals surface area contributed by atoms with Gasteiger partial charge in [-0.2, -0.15) is 0 Å². The van der Waals surface area contributed by atoms with Crippen LogP contribution in [-0.4, -0.2) is 19.8 Å². The molecule has 0 aromatic heterocycles. The smallest absolute Gasteiger partial charge is 0.0494 e. The molecule has 1 aromatic carbocycles. The Bertz CT molecular complexity index is 378. The standard InChI is InChI=1S/C17H27NO/c1-13-9-14(2)11-17(10-13)15(3)18-7-4-8-19-12-16-5-6-16/h9-11,15-16,18H,4-8,12H2,1-3H3. The first-order chi connectivity index (χ1) is 9.15. The first-order valence-electron chi connectivity index (χ1n) is 7.54. The van der Waals surface area contributed by atoms with E-state index < -0.39 is 0 Å². The minimum Gasteiger partial charge on any atom is -0.381 e. The highest BCUT2D eigenvalue weighted by atomic mass is 16.5. The molecule has 19 heavy (non-hydrogen) atoms. The highest BCUT2D eigenvalue weighted by Crippen LogP contribution is 2.28. The number of hydrogen-bond donors (Lipinski definition) is 1. The third-order valence-electron chi connectivity index (χ3n) is 3.71. The number of benzene rings is 1. The molecule has 1 fully saturated rings. The highest BCUT2D eigenvalue weighted by Gasteiger charge is 2.20. The summed E-state index contributed by atoms with van der Waals surface area (Å²) >= 11 is 0. The van der Waals surface area contributed by atoms with Crippen molar-refractivity contribution in [2.45, 2.75) is 46.1 Å². The number of hydrogen-bond acceptors (Lipinski definition) is 2. The molecule has 0 bridgehead atoms. The largest absolute Gasteiger partial charge is 0.381 e. The zero-order valence-electron chi connectivity index (χ0n) is 12.5. The van der Waals surface area contributed by atoms with E-state index in [-0.39, 0.29) is 0 Å². The van der Waals surface area contributed by atoms with Crippen molar-refractivity contribution in [1.82, 2.24) is 5.32 Å². The van der Waals surface area contributed by atoms with E-state index in [1.165, 1.54) is 29.5 Å². The Morgan fingerprint density at radius 2 is 1.89 bits per heavy atom. The van der Waals surface area contributed by atoms with E-state index in [2.05, 4.69) is 44.3 Å². The van der Waals surface area contributed by atoms with Gasteiger partial charge in [0.25, 0.3) is 0 Å². The Labute approximate surface area is 117 Å². The molecule has 0 amide bonds. The molecule has 0 aliphatic heterocycles. The molecule has 106 valence electrons. The maximum atomic E-state index is 5.64. The van der Waals surface area contributed by atoms with Gasteiger partial charge < -0.3 is 10.1 Å². The quantitative estimate of drug-likeness (QED) is 0.719. The fourth-order valence-electron chi connectivity index (χ4n) is 2.41. The van der Waals surface area contributed by atoms with Crippen LogP contribution in [0.3, 0.4) is 0 Å². The predicted octanol–water partition coefficient (Wildman–Crippen LogP) is 3.77. The Hall–Kier alpha value is -0.860. The van der Waals surface area contributed by atoms with Crippen molar-refractivity contribution in [3.8, 4) is 0 Å². The monoisotopic (exact) mass is 261 g/mol. The molecule has 0 radical (unpaired) electrons. The summed E-state index contributed by atoms with van der Waals surface area (Å²) in [5.41, 5.74) is 4.07. The molecule has 1 unspecified atom stereocenters. The summed E-state index contributed by atoms with van der Waals surface area (Å²) in [4.78, 5) is 0. The van der Waals surface area contributed by atoms with E-state index in [4.69, 9.17) is 4.74 Å². The lowest BCUT2D eigenvalue weighted by Crippen LogP contribution is -2.21. The molecular formula is C17H27NO. The molecule has 2 heteroatoms. The summed E-state index contributed by atoms with van der Waals surface area (Å²) in [5, 5.41) is 3.58. The summed E-state index contributed by atoms with van der Waals surface area (Å²) in [6, 6.07) is 7.19. The maximum absolute atomic E-state index is 5.64. The molecule has 0 heterocycles. The summed E-state index contributed by atoms with van der Waals surface area (Å²) in [6.45, 7) is 9.46. The summed E-state index contributed by atoms with van der Waals surface area (Å²) in [7, 11) is 0. The lowest BCUT2D eigenvalue weighted by molar-refractivity contribution is 0.121. The van der Waals surface area contributed by atoms with Crippen LogP contribution in [0.1, 0.15) is 48.9 Å². The molecule has 1 N–H and O–H groups in total. The van der Waals surface area contributed by atoms with Crippen LogP contribution in [0.5, 0.6) is 0 Å². The Morgan fingerprint density at radius 1 is 1.21 bits per heavy atom. The lowest BCUT2D eigenvalue weighted by Gasteiger charge is -2.15. The van der Waals surface area contributed by atoms with Crippen LogP contribution in [0, 0.1) is 19.8 Å². The molecule has 2 rings (SSSR count). The second kappa shape index (κ2) is 7.06. The summed E-state index contributed by atoms with van der Waals surface area (Å²) in [5.74, 6) is 0.877. The molecule has 1 aliphatic rings. The Balaban J connectivity index is 1.63. The van der Waals surface area contributed by atoms with Crippen LogP contribution in [-0.2, 0) is 4.74 Å². The van der Waals surface area contributed by atoms with Crippen LogP contribution in [0.15, 0.2) is 18.2 Å². The van der Waals surface area contributed by atoms with Gasteiger partial charge in [0, 0.05) is 19.3 Å². The van der Waals surface area contributed by atoms with Crippen molar-refractivity contribution in [2.24, 2.45) is 5.92 Å². The fourth-order valence-corrected chi connectivity index (χ4v) is 2.41. The van der Waals surface area contributed by atoms with Gasteiger partial charge >= 0.3 is 0 Å².